The fraction of sp³-hybridized carbons (Fsp3) is 0.400. The number of allylic oxidation sites excluding steroid dienone is 2. The van der Waals surface area contributed by atoms with Gasteiger partial charge in [-0.25, -0.2) is 0 Å². The second kappa shape index (κ2) is 21.9. The summed E-state index contributed by atoms with van der Waals surface area (Å²) in [4.78, 5) is 3.72. The molecule has 5 aromatic rings. The molecule has 1 aliphatic rings. The van der Waals surface area contributed by atoms with E-state index >= 15 is 0 Å². The summed E-state index contributed by atoms with van der Waals surface area (Å²) in [6.07, 6.45) is 6.66. The number of ether oxygens (including phenoxy) is 3. The number of rotatable bonds is 11. The van der Waals surface area contributed by atoms with Crippen molar-refractivity contribution in [2.24, 2.45) is 0 Å². The fourth-order valence-corrected chi connectivity index (χ4v) is 8.68. The van der Waals surface area contributed by atoms with Crippen LogP contribution >= 0.6 is 34.4 Å². The average molecular weight is 724 g/mol. The molecule has 3 heterocycles. The van der Waals surface area contributed by atoms with Crippen molar-refractivity contribution >= 4 is 66.6 Å². The maximum absolute atomic E-state index is 5.08. The van der Waals surface area contributed by atoms with Crippen molar-refractivity contribution in [3.05, 3.63) is 100.0 Å². The molecule has 266 valence electrons. The van der Waals surface area contributed by atoms with E-state index < -0.39 is 6.48 Å². The Bertz CT molecular complexity index is 1750. The highest BCUT2D eigenvalue weighted by molar-refractivity contribution is 8.03. The molecule has 0 spiro atoms. The second-order valence-corrected chi connectivity index (χ2v) is 13.7. The number of benzene rings is 3. The molecule has 0 saturated heterocycles. The lowest BCUT2D eigenvalue weighted by atomic mass is 10.3. The van der Waals surface area contributed by atoms with E-state index in [1.807, 2.05) is 55.2 Å². The third-order valence-corrected chi connectivity index (χ3v) is 10.7. The molecule has 0 N–H and O–H groups in total. The van der Waals surface area contributed by atoms with E-state index in [2.05, 4.69) is 133 Å². The first-order valence-corrected chi connectivity index (χ1v) is 19.0. The van der Waals surface area contributed by atoms with Gasteiger partial charge in [-0.05, 0) is 71.9 Å². The number of aryl methyl sites for hydroxylation is 3. The van der Waals surface area contributed by atoms with Gasteiger partial charge in [-0.1, -0.05) is 91.8 Å². The van der Waals surface area contributed by atoms with E-state index in [0.717, 1.165) is 19.6 Å². The zero-order valence-corrected chi connectivity index (χ0v) is 31.2. The molecule has 0 bridgehead atoms. The summed E-state index contributed by atoms with van der Waals surface area (Å²) in [7, 11) is 0. The summed E-state index contributed by atoms with van der Waals surface area (Å²) in [5, 5.41) is 3.98. The molecular weight excluding hydrogens is 667 g/mol. The zero-order valence-electron chi connectivity index (χ0n) is 28.8. The largest absolute Gasteiger partial charge is 0.335 e. The molecule has 9 heteroatoms. The standard InChI is InChI=1S/C21H21N2S2.C10H12NS.C7H16O3.2CH4/c1-3-22-16-10-5-7-12-18(16)24-20(22)14-9-15-21-23(4-2)17-11-6-8-13-19(17)25-21;1-3-11-8(2)12-10-7-5-4-6-9(10)11;1-4-8-7(9-5-2)10-6-3;;/h5-15H,3-4H2,1-2H3;4-7H,3H2,1-2H3;7H,4-6H2,1-3H3;2*1H4/q2*+1;;;. The van der Waals surface area contributed by atoms with Gasteiger partial charge in [-0.3, -0.25) is 0 Å². The topological polar surface area (TPSA) is 38.7 Å². The van der Waals surface area contributed by atoms with Crippen LogP contribution in [0.2, 0.25) is 0 Å². The summed E-state index contributed by atoms with van der Waals surface area (Å²) < 4.78 is 22.7. The molecule has 0 unspecified atom stereocenters. The number of para-hydroxylation sites is 3. The third-order valence-electron chi connectivity index (χ3n) is 7.40. The van der Waals surface area contributed by atoms with Gasteiger partial charge in [0.1, 0.15) is 22.5 Å². The molecule has 2 aromatic heterocycles. The Balaban J connectivity index is 0.000000291. The van der Waals surface area contributed by atoms with Gasteiger partial charge in [-0.15, -0.1) is 0 Å². The summed E-state index contributed by atoms with van der Waals surface area (Å²) in [6, 6.07) is 25.8. The highest BCUT2D eigenvalue weighted by Crippen LogP contribution is 2.45. The van der Waals surface area contributed by atoms with Crippen LogP contribution in [0.15, 0.2) is 94.9 Å². The highest BCUT2D eigenvalue weighted by Gasteiger charge is 2.23. The van der Waals surface area contributed by atoms with Crippen LogP contribution in [0.4, 0.5) is 5.69 Å². The molecule has 0 atom stereocenters. The third kappa shape index (κ3) is 11.0. The van der Waals surface area contributed by atoms with Crippen LogP contribution in [0.25, 0.3) is 26.5 Å². The highest BCUT2D eigenvalue weighted by atomic mass is 32.2. The van der Waals surface area contributed by atoms with Gasteiger partial charge in [0.2, 0.25) is 16.0 Å². The Morgan fingerprint density at radius 3 is 1.80 bits per heavy atom. The van der Waals surface area contributed by atoms with Gasteiger partial charge >= 0.3 is 0 Å². The number of aromatic nitrogens is 2. The molecular formula is C40H57N3O3S3+2. The van der Waals surface area contributed by atoms with Gasteiger partial charge in [0.05, 0.1) is 10.7 Å². The monoisotopic (exact) mass is 723 g/mol. The lowest BCUT2D eigenvalue weighted by Gasteiger charge is -2.17. The number of thiazole rings is 2. The maximum Gasteiger partial charge on any atom is 0.271 e. The fourth-order valence-electron chi connectivity index (χ4n) is 5.31. The molecule has 49 heavy (non-hydrogen) atoms. The number of nitrogens with zero attached hydrogens (tertiary/aromatic N) is 3. The number of anilines is 1. The Kier molecular flexibility index (Phi) is 18.8. The van der Waals surface area contributed by atoms with E-state index in [1.54, 1.807) is 0 Å². The number of thioether (sulfide) groups is 1. The normalized spacial score (nSPS) is 12.8. The van der Waals surface area contributed by atoms with Crippen LogP contribution in [0.1, 0.15) is 66.4 Å². The zero-order chi connectivity index (χ0) is 33.6. The Morgan fingerprint density at radius 1 is 0.694 bits per heavy atom. The molecule has 0 saturated carbocycles. The molecule has 0 amide bonds. The first kappa shape index (κ1) is 42.1. The van der Waals surface area contributed by atoms with Crippen LogP contribution in [0, 0.1) is 6.92 Å². The van der Waals surface area contributed by atoms with E-state index in [0.29, 0.717) is 19.8 Å². The summed E-state index contributed by atoms with van der Waals surface area (Å²) in [5.41, 5.74) is 4.00. The Hall–Kier alpha value is -3.05. The molecule has 0 fully saturated rings. The average Bonchev–Trinajstić information content (AvgIpc) is 3.74. The minimum Gasteiger partial charge on any atom is -0.335 e. The van der Waals surface area contributed by atoms with Crippen molar-refractivity contribution in [3.8, 4) is 0 Å². The first-order valence-electron chi connectivity index (χ1n) is 16.6. The minimum absolute atomic E-state index is 0. The number of hydrogen-bond donors (Lipinski definition) is 0. The van der Waals surface area contributed by atoms with Gasteiger partial charge in [0.25, 0.3) is 11.5 Å². The van der Waals surface area contributed by atoms with Crippen molar-refractivity contribution in [1.82, 2.24) is 0 Å². The maximum atomic E-state index is 5.08. The van der Waals surface area contributed by atoms with Crippen LogP contribution in [-0.4, -0.2) is 32.8 Å². The predicted molar refractivity (Wildman–Crippen MR) is 215 cm³/mol. The van der Waals surface area contributed by atoms with Gasteiger partial charge in [-0.2, -0.15) is 9.13 Å². The van der Waals surface area contributed by atoms with Crippen LogP contribution in [0.5, 0.6) is 0 Å². The summed E-state index contributed by atoms with van der Waals surface area (Å²) in [6.45, 7) is 18.9. The van der Waals surface area contributed by atoms with Crippen LogP contribution in [0.3, 0.4) is 0 Å². The van der Waals surface area contributed by atoms with E-state index in [4.69, 9.17) is 14.2 Å². The molecule has 6 rings (SSSR count). The lowest BCUT2D eigenvalue weighted by Crippen LogP contribution is -2.33. The molecule has 0 radical (unpaired) electrons. The first-order chi connectivity index (χ1) is 23.0. The van der Waals surface area contributed by atoms with Crippen LogP contribution in [-0.2, 0) is 27.3 Å². The molecule has 1 aliphatic heterocycles. The van der Waals surface area contributed by atoms with Crippen molar-refractivity contribution in [3.63, 3.8) is 0 Å². The van der Waals surface area contributed by atoms with Gasteiger partial charge < -0.3 is 19.1 Å². The van der Waals surface area contributed by atoms with Gasteiger partial charge in [0, 0.05) is 56.4 Å². The number of hydrogen-bond acceptors (Lipinski definition) is 7. The predicted octanol–water partition coefficient (Wildman–Crippen LogP) is 10.9. The van der Waals surface area contributed by atoms with Crippen molar-refractivity contribution < 1.29 is 23.3 Å². The molecule has 3 aromatic carbocycles. The lowest BCUT2D eigenvalue weighted by molar-refractivity contribution is -0.669. The number of fused-ring (bicyclic) bond motifs is 3. The molecule has 0 aliphatic carbocycles. The minimum atomic E-state index is -0.472. The van der Waals surface area contributed by atoms with E-state index in [-0.39, 0.29) is 14.9 Å². The van der Waals surface area contributed by atoms with E-state index in [1.165, 1.54) is 46.1 Å². The Morgan fingerprint density at radius 2 is 1.22 bits per heavy atom. The van der Waals surface area contributed by atoms with Gasteiger partial charge in [0.15, 0.2) is 0 Å². The van der Waals surface area contributed by atoms with Crippen LogP contribution < -0.4 is 14.0 Å². The SMILES string of the molecule is C.C.CCN1/C(=C/C=C/c2sc3ccccc3[n+]2CC)Sc2ccccc21.CCOC(OCC)OCC.CC[n+]1c(C)sc2ccccc21. The van der Waals surface area contributed by atoms with E-state index in [9.17, 15) is 0 Å². The molecule has 6 nitrogen and oxygen atoms in total. The summed E-state index contributed by atoms with van der Waals surface area (Å²) in [5.74, 6) is 0. The Labute approximate surface area is 307 Å². The quantitative estimate of drug-likeness (QED) is 0.100. The van der Waals surface area contributed by atoms with Crippen molar-refractivity contribution in [2.75, 3.05) is 31.3 Å². The second-order valence-electron chi connectivity index (χ2n) is 10.3. The van der Waals surface area contributed by atoms with Crippen molar-refractivity contribution in [1.29, 1.82) is 0 Å². The summed E-state index contributed by atoms with van der Waals surface area (Å²) >= 11 is 5.57. The smallest absolute Gasteiger partial charge is 0.271 e. The van der Waals surface area contributed by atoms with Crippen molar-refractivity contribution in [2.45, 2.75) is 87.8 Å².